The Bertz CT molecular complexity index is 758. The largest absolute Gasteiger partial charge is 0.352 e. The molecule has 2 atom stereocenters. The fraction of sp³-hybridized carbons (Fsp3) is 0.500. The van der Waals surface area contributed by atoms with Gasteiger partial charge in [0.2, 0.25) is 5.91 Å². The summed E-state index contributed by atoms with van der Waals surface area (Å²) >= 11 is 0. The van der Waals surface area contributed by atoms with Crippen molar-refractivity contribution >= 4 is 16.8 Å². The molecule has 1 saturated carbocycles. The maximum Gasteiger partial charge on any atom is 0.221 e. The third-order valence-electron chi connectivity index (χ3n) is 5.69. The summed E-state index contributed by atoms with van der Waals surface area (Å²) in [6, 6.07) is 8.96. The van der Waals surface area contributed by atoms with Crippen LogP contribution >= 0.6 is 0 Å². The Morgan fingerprint density at radius 1 is 1.33 bits per heavy atom. The van der Waals surface area contributed by atoms with E-state index in [2.05, 4.69) is 40.3 Å². The van der Waals surface area contributed by atoms with Crippen LogP contribution in [0.4, 0.5) is 0 Å². The smallest absolute Gasteiger partial charge is 0.221 e. The molecule has 0 unspecified atom stereocenters. The maximum absolute atomic E-state index is 12.2. The molecule has 0 spiro atoms. The molecule has 1 aromatic carbocycles. The van der Waals surface area contributed by atoms with Gasteiger partial charge in [-0.1, -0.05) is 18.2 Å². The first-order valence-electron chi connectivity index (χ1n) is 9.04. The minimum absolute atomic E-state index is 0.149. The van der Waals surface area contributed by atoms with Crippen molar-refractivity contribution in [3.63, 3.8) is 0 Å². The number of rotatable bonds is 5. The molecule has 126 valence electrons. The van der Waals surface area contributed by atoms with E-state index in [1.165, 1.54) is 31.4 Å². The molecule has 1 aromatic heterocycles. The highest BCUT2D eigenvalue weighted by Gasteiger charge is 2.37. The van der Waals surface area contributed by atoms with Gasteiger partial charge in [-0.05, 0) is 49.3 Å². The number of pyridine rings is 1. The van der Waals surface area contributed by atoms with E-state index >= 15 is 0 Å². The number of hydrogen-bond donors (Lipinski definition) is 1. The normalized spacial score (nSPS) is 23.0. The van der Waals surface area contributed by atoms with Crippen LogP contribution < -0.4 is 5.32 Å². The van der Waals surface area contributed by atoms with E-state index in [1.807, 2.05) is 12.3 Å². The average Bonchev–Trinajstić information content (AvgIpc) is 3.23. The topological polar surface area (TPSA) is 45.2 Å². The van der Waals surface area contributed by atoms with E-state index in [4.69, 9.17) is 0 Å². The number of likely N-dealkylation sites (tertiary alicyclic amines) is 1. The molecule has 4 nitrogen and oxygen atoms in total. The van der Waals surface area contributed by atoms with Gasteiger partial charge in [0.25, 0.3) is 0 Å². The predicted octanol–water partition coefficient (Wildman–Crippen LogP) is 3.03. The summed E-state index contributed by atoms with van der Waals surface area (Å²) < 4.78 is 0. The van der Waals surface area contributed by atoms with Crippen LogP contribution in [0.3, 0.4) is 0 Å². The first-order valence-corrected chi connectivity index (χ1v) is 9.04. The third kappa shape index (κ3) is 3.03. The Kier molecular flexibility index (Phi) is 4.23. The van der Waals surface area contributed by atoms with Gasteiger partial charge in [0.1, 0.15) is 0 Å². The third-order valence-corrected chi connectivity index (χ3v) is 5.69. The van der Waals surface area contributed by atoms with Gasteiger partial charge < -0.3 is 5.32 Å². The van der Waals surface area contributed by atoms with Crippen LogP contribution in [0.1, 0.15) is 36.8 Å². The van der Waals surface area contributed by atoms with Crippen LogP contribution in [0.5, 0.6) is 0 Å². The van der Waals surface area contributed by atoms with Crippen LogP contribution in [-0.2, 0) is 11.3 Å². The van der Waals surface area contributed by atoms with Gasteiger partial charge in [0.05, 0.1) is 5.52 Å². The summed E-state index contributed by atoms with van der Waals surface area (Å²) in [5.74, 6) is 1.04. The summed E-state index contributed by atoms with van der Waals surface area (Å²) in [4.78, 5) is 19.2. The summed E-state index contributed by atoms with van der Waals surface area (Å²) in [6.07, 6.45) is 6.49. The number of carbonyl (C=O) groups excluding carboxylic acids is 1. The zero-order chi connectivity index (χ0) is 16.5. The second-order valence-electron chi connectivity index (χ2n) is 7.30. The lowest BCUT2D eigenvalue weighted by molar-refractivity contribution is -0.121. The van der Waals surface area contributed by atoms with Gasteiger partial charge in [0.15, 0.2) is 0 Å². The van der Waals surface area contributed by atoms with Crippen LogP contribution in [0.15, 0.2) is 30.5 Å². The number of benzene rings is 1. The Morgan fingerprint density at radius 2 is 2.25 bits per heavy atom. The number of nitrogens with zero attached hydrogens (tertiary/aromatic N) is 2. The zero-order valence-corrected chi connectivity index (χ0v) is 14.3. The fourth-order valence-corrected chi connectivity index (χ4v) is 4.36. The number of fused-ring (bicyclic) bond motifs is 3. The van der Waals surface area contributed by atoms with Gasteiger partial charge >= 0.3 is 0 Å². The fourth-order valence-electron chi connectivity index (χ4n) is 4.36. The van der Waals surface area contributed by atoms with Crippen molar-refractivity contribution < 1.29 is 4.79 Å². The molecule has 0 radical (unpaired) electrons. The molecular weight excluding hydrogens is 298 g/mol. The monoisotopic (exact) mass is 323 g/mol. The molecule has 1 saturated heterocycles. The highest BCUT2D eigenvalue weighted by molar-refractivity contribution is 5.85. The van der Waals surface area contributed by atoms with E-state index in [1.54, 1.807) is 0 Å². The Morgan fingerprint density at radius 3 is 3.04 bits per heavy atom. The van der Waals surface area contributed by atoms with E-state index in [0.717, 1.165) is 35.0 Å². The van der Waals surface area contributed by atoms with Crippen molar-refractivity contribution in [1.29, 1.82) is 0 Å². The van der Waals surface area contributed by atoms with Crippen molar-refractivity contribution in [1.82, 2.24) is 15.2 Å². The Hall–Kier alpha value is -1.94. The van der Waals surface area contributed by atoms with Gasteiger partial charge in [-0.25, -0.2) is 0 Å². The summed E-state index contributed by atoms with van der Waals surface area (Å²) in [5, 5.41) is 4.22. The standard InChI is InChI=1S/C20H25N3O/c1-14-4-6-16(18-3-2-9-21-20(14)18)12-22-19(24)8-10-23-13-15-5-7-17(23)11-15/h2-4,6,9,15,17H,5,7-8,10-13H2,1H3,(H,22,24)/t15-,17+/m0/s1. The van der Waals surface area contributed by atoms with Gasteiger partial charge in [-0.3, -0.25) is 14.7 Å². The van der Waals surface area contributed by atoms with E-state index in [-0.39, 0.29) is 5.91 Å². The SMILES string of the molecule is Cc1ccc(CNC(=O)CCN2C[C@H]3CC[C@@H]2C3)c2cccnc12. The molecule has 2 fully saturated rings. The summed E-state index contributed by atoms with van der Waals surface area (Å²) in [5.41, 5.74) is 3.33. The number of carbonyl (C=O) groups is 1. The number of piperidine rings is 1. The van der Waals surface area contributed by atoms with E-state index < -0.39 is 0 Å². The molecule has 1 aliphatic heterocycles. The molecule has 2 heterocycles. The lowest BCUT2D eigenvalue weighted by Crippen LogP contribution is -2.35. The molecule has 24 heavy (non-hydrogen) atoms. The van der Waals surface area contributed by atoms with Crippen molar-refractivity contribution in [2.24, 2.45) is 5.92 Å². The van der Waals surface area contributed by atoms with E-state index in [9.17, 15) is 4.79 Å². The first kappa shape index (κ1) is 15.6. The highest BCUT2D eigenvalue weighted by Crippen LogP contribution is 2.37. The molecule has 1 amide bonds. The number of aromatic nitrogens is 1. The number of amides is 1. The van der Waals surface area contributed by atoms with Crippen LogP contribution in [0, 0.1) is 12.8 Å². The van der Waals surface area contributed by atoms with Crippen LogP contribution in [0.25, 0.3) is 10.9 Å². The number of aryl methyl sites for hydroxylation is 1. The minimum atomic E-state index is 0.149. The quantitative estimate of drug-likeness (QED) is 0.920. The molecule has 4 heteroatoms. The van der Waals surface area contributed by atoms with Crippen molar-refractivity contribution in [3.8, 4) is 0 Å². The van der Waals surface area contributed by atoms with Crippen LogP contribution in [-0.4, -0.2) is 34.9 Å². The molecule has 2 bridgehead atoms. The molecule has 4 rings (SSSR count). The van der Waals surface area contributed by atoms with Crippen molar-refractivity contribution in [3.05, 3.63) is 41.6 Å². The molecule has 2 aromatic rings. The molecular formula is C20H25N3O. The lowest BCUT2D eigenvalue weighted by Gasteiger charge is -2.26. The van der Waals surface area contributed by atoms with E-state index in [0.29, 0.717) is 13.0 Å². The van der Waals surface area contributed by atoms with Crippen molar-refractivity contribution in [2.75, 3.05) is 13.1 Å². The lowest BCUT2D eigenvalue weighted by atomic mass is 10.0. The van der Waals surface area contributed by atoms with Crippen LogP contribution in [0.2, 0.25) is 0 Å². The van der Waals surface area contributed by atoms with Gasteiger partial charge in [0, 0.05) is 43.7 Å². The Labute approximate surface area is 143 Å². The van der Waals surface area contributed by atoms with Crippen molar-refractivity contribution in [2.45, 2.75) is 45.2 Å². The average molecular weight is 323 g/mol. The summed E-state index contributed by atoms with van der Waals surface area (Å²) in [7, 11) is 0. The second-order valence-corrected chi connectivity index (χ2v) is 7.30. The summed E-state index contributed by atoms with van der Waals surface area (Å²) in [6.45, 7) is 4.75. The predicted molar refractivity (Wildman–Crippen MR) is 95.6 cm³/mol. The zero-order valence-electron chi connectivity index (χ0n) is 14.3. The second kappa shape index (κ2) is 6.52. The molecule has 1 aliphatic carbocycles. The maximum atomic E-state index is 12.2. The first-order chi connectivity index (χ1) is 11.7. The number of hydrogen-bond acceptors (Lipinski definition) is 3. The molecule has 1 N–H and O–H groups in total. The number of nitrogens with one attached hydrogen (secondary N) is 1. The minimum Gasteiger partial charge on any atom is -0.352 e. The van der Waals surface area contributed by atoms with Gasteiger partial charge in [-0.2, -0.15) is 0 Å². The van der Waals surface area contributed by atoms with Gasteiger partial charge in [-0.15, -0.1) is 0 Å². The highest BCUT2D eigenvalue weighted by atomic mass is 16.1. The Balaban J connectivity index is 1.33. The molecule has 2 aliphatic rings.